The fourth-order valence-corrected chi connectivity index (χ4v) is 2.10. The van der Waals surface area contributed by atoms with Crippen molar-refractivity contribution in [3.63, 3.8) is 0 Å². The Morgan fingerprint density at radius 3 is 2.83 bits per heavy atom. The maximum atomic E-state index is 11.6. The fraction of sp³-hybridized carbons (Fsp3) is 0.111. The van der Waals surface area contributed by atoms with Gasteiger partial charge in [0.1, 0.15) is 0 Å². The molecule has 0 aromatic heterocycles. The van der Waals surface area contributed by atoms with Gasteiger partial charge in [0.15, 0.2) is 11.5 Å². The lowest BCUT2D eigenvalue weighted by molar-refractivity contribution is -0.119. The number of hydrazone groups is 1. The van der Waals surface area contributed by atoms with E-state index in [1.54, 1.807) is 6.08 Å². The summed E-state index contributed by atoms with van der Waals surface area (Å²) in [4.78, 5) is 11.6. The number of para-hydroxylation sites is 1. The van der Waals surface area contributed by atoms with E-state index in [4.69, 9.17) is 9.47 Å². The normalized spacial score (nSPS) is 12.7. The number of ether oxygens (including phenoxy) is 2. The first-order valence-corrected chi connectivity index (χ1v) is 7.48. The van der Waals surface area contributed by atoms with E-state index in [-0.39, 0.29) is 19.2 Å². The number of rotatable bonds is 6. The lowest BCUT2D eigenvalue weighted by atomic mass is 10.2. The molecule has 0 spiro atoms. The van der Waals surface area contributed by atoms with Crippen molar-refractivity contribution in [2.45, 2.75) is 0 Å². The van der Waals surface area contributed by atoms with Gasteiger partial charge >= 0.3 is 0 Å². The molecule has 1 aliphatic rings. The second kappa shape index (κ2) is 7.82. The van der Waals surface area contributed by atoms with Gasteiger partial charge in [0, 0.05) is 11.9 Å². The molecule has 0 radical (unpaired) electrons. The predicted molar refractivity (Wildman–Crippen MR) is 93.2 cm³/mol. The number of nitrogens with zero attached hydrogens (tertiary/aromatic N) is 1. The number of carbonyl (C=O) groups excluding carboxylic acids is 1. The molecule has 2 aromatic carbocycles. The van der Waals surface area contributed by atoms with Crippen molar-refractivity contribution in [3.05, 3.63) is 60.2 Å². The number of amides is 1. The van der Waals surface area contributed by atoms with E-state index in [2.05, 4.69) is 15.8 Å². The van der Waals surface area contributed by atoms with E-state index >= 15 is 0 Å². The van der Waals surface area contributed by atoms with Crippen LogP contribution in [0.5, 0.6) is 11.5 Å². The Balaban J connectivity index is 1.42. The summed E-state index contributed by atoms with van der Waals surface area (Å²) in [5.74, 6) is 1.26. The van der Waals surface area contributed by atoms with Crippen LogP contribution < -0.4 is 20.2 Å². The van der Waals surface area contributed by atoms with Gasteiger partial charge in [-0.2, -0.15) is 5.10 Å². The van der Waals surface area contributed by atoms with Crippen LogP contribution in [0.3, 0.4) is 0 Å². The predicted octanol–water partition coefficient (Wildman–Crippen LogP) is 2.64. The molecule has 122 valence electrons. The molecule has 1 heterocycles. The summed E-state index contributed by atoms with van der Waals surface area (Å²) >= 11 is 0. The first-order valence-electron chi connectivity index (χ1n) is 7.48. The Kier molecular flexibility index (Phi) is 5.09. The lowest BCUT2D eigenvalue weighted by Crippen LogP contribution is -2.25. The van der Waals surface area contributed by atoms with E-state index in [1.807, 2.05) is 54.6 Å². The monoisotopic (exact) mass is 323 g/mol. The molecule has 0 bridgehead atoms. The van der Waals surface area contributed by atoms with Gasteiger partial charge in [0.25, 0.3) is 5.91 Å². The van der Waals surface area contributed by atoms with E-state index in [9.17, 15) is 4.79 Å². The molecule has 0 fully saturated rings. The Morgan fingerprint density at radius 1 is 1.12 bits per heavy atom. The smallest absolute Gasteiger partial charge is 0.259 e. The van der Waals surface area contributed by atoms with Crippen LogP contribution in [0.2, 0.25) is 0 Å². The Bertz CT molecular complexity index is 757. The van der Waals surface area contributed by atoms with Crippen molar-refractivity contribution in [2.75, 3.05) is 18.7 Å². The van der Waals surface area contributed by atoms with Crippen LogP contribution >= 0.6 is 0 Å². The van der Waals surface area contributed by atoms with Crippen LogP contribution in [0, 0.1) is 0 Å². The summed E-state index contributed by atoms with van der Waals surface area (Å²) in [5.41, 5.74) is 4.30. The highest BCUT2D eigenvalue weighted by atomic mass is 16.7. The van der Waals surface area contributed by atoms with Crippen molar-refractivity contribution >= 4 is 23.9 Å². The molecule has 6 nitrogen and oxygen atoms in total. The molecule has 0 atom stereocenters. The molecule has 2 aromatic rings. The molecule has 3 rings (SSSR count). The minimum Gasteiger partial charge on any atom is -0.454 e. The van der Waals surface area contributed by atoms with Crippen LogP contribution in [0.15, 0.2) is 59.7 Å². The number of hydrogen-bond acceptors (Lipinski definition) is 5. The van der Waals surface area contributed by atoms with Crippen LogP contribution in [-0.2, 0) is 4.79 Å². The zero-order chi connectivity index (χ0) is 16.6. The number of anilines is 1. The molecule has 0 aliphatic carbocycles. The summed E-state index contributed by atoms with van der Waals surface area (Å²) in [6.07, 6.45) is 5.12. The molecular weight excluding hydrogens is 306 g/mol. The first-order chi connectivity index (χ1) is 11.8. The first kappa shape index (κ1) is 15.6. The van der Waals surface area contributed by atoms with Crippen molar-refractivity contribution in [1.29, 1.82) is 0 Å². The summed E-state index contributed by atoms with van der Waals surface area (Å²) in [6, 6.07) is 15.2. The lowest BCUT2D eigenvalue weighted by Gasteiger charge is -2.03. The number of allylic oxidation sites excluding steroid dienone is 1. The standard InChI is InChI=1S/C18H17N3O3/c22-18(12-19-15-6-2-1-3-7-15)21-20-10-4-5-14-8-9-16-17(11-14)24-13-23-16/h1-11,19H,12-13H2,(H,21,22)/b5-4+,20-10+. The maximum Gasteiger partial charge on any atom is 0.259 e. The van der Waals surface area contributed by atoms with Crippen LogP contribution in [-0.4, -0.2) is 25.5 Å². The molecular formula is C18H17N3O3. The van der Waals surface area contributed by atoms with Gasteiger partial charge in [-0.1, -0.05) is 30.3 Å². The summed E-state index contributed by atoms with van der Waals surface area (Å²) in [7, 11) is 0. The Hall–Kier alpha value is -3.28. The summed E-state index contributed by atoms with van der Waals surface area (Å²) < 4.78 is 10.6. The van der Waals surface area contributed by atoms with Gasteiger partial charge in [-0.05, 0) is 35.9 Å². The van der Waals surface area contributed by atoms with E-state index in [0.29, 0.717) is 0 Å². The van der Waals surface area contributed by atoms with Gasteiger partial charge in [-0.3, -0.25) is 4.79 Å². The highest BCUT2D eigenvalue weighted by Gasteiger charge is 2.11. The van der Waals surface area contributed by atoms with Crippen LogP contribution in [0.1, 0.15) is 5.56 Å². The van der Waals surface area contributed by atoms with Crippen molar-refractivity contribution in [3.8, 4) is 11.5 Å². The van der Waals surface area contributed by atoms with Crippen LogP contribution in [0.4, 0.5) is 5.69 Å². The highest BCUT2D eigenvalue weighted by molar-refractivity contribution is 5.83. The van der Waals surface area contributed by atoms with Gasteiger partial charge in [0.2, 0.25) is 6.79 Å². The highest BCUT2D eigenvalue weighted by Crippen LogP contribution is 2.32. The third kappa shape index (κ3) is 4.36. The van der Waals surface area contributed by atoms with E-state index in [1.165, 1.54) is 6.21 Å². The SMILES string of the molecule is O=C(CNc1ccccc1)N/N=C/C=C/c1ccc2c(c1)OCO2. The topological polar surface area (TPSA) is 72.0 Å². The Labute approximate surface area is 139 Å². The zero-order valence-electron chi connectivity index (χ0n) is 12.9. The van der Waals surface area contributed by atoms with Crippen molar-refractivity contribution in [2.24, 2.45) is 5.10 Å². The average molecular weight is 323 g/mol. The maximum absolute atomic E-state index is 11.6. The largest absolute Gasteiger partial charge is 0.454 e. The summed E-state index contributed by atoms with van der Waals surface area (Å²) in [6.45, 7) is 0.417. The van der Waals surface area contributed by atoms with Gasteiger partial charge in [0.05, 0.1) is 6.54 Å². The van der Waals surface area contributed by atoms with Crippen LogP contribution in [0.25, 0.3) is 6.08 Å². The molecule has 1 amide bonds. The fourth-order valence-electron chi connectivity index (χ4n) is 2.10. The molecule has 1 aliphatic heterocycles. The average Bonchev–Trinajstić information content (AvgIpc) is 3.08. The van der Waals surface area contributed by atoms with Gasteiger partial charge in [-0.25, -0.2) is 5.43 Å². The van der Waals surface area contributed by atoms with Crippen molar-refractivity contribution < 1.29 is 14.3 Å². The molecule has 2 N–H and O–H groups in total. The van der Waals surface area contributed by atoms with Gasteiger partial charge < -0.3 is 14.8 Å². The number of fused-ring (bicyclic) bond motifs is 1. The zero-order valence-corrected chi connectivity index (χ0v) is 12.9. The number of benzene rings is 2. The van der Waals surface area contributed by atoms with Crippen molar-refractivity contribution in [1.82, 2.24) is 5.43 Å². The molecule has 0 unspecified atom stereocenters. The second-order valence-corrected chi connectivity index (χ2v) is 5.00. The molecule has 6 heteroatoms. The Morgan fingerprint density at radius 2 is 1.96 bits per heavy atom. The quantitative estimate of drug-likeness (QED) is 0.633. The molecule has 0 saturated heterocycles. The summed E-state index contributed by atoms with van der Waals surface area (Å²) in [5, 5.41) is 6.87. The number of carbonyl (C=O) groups is 1. The second-order valence-electron chi connectivity index (χ2n) is 5.00. The minimum atomic E-state index is -0.216. The minimum absolute atomic E-state index is 0.160. The third-order valence-electron chi connectivity index (χ3n) is 3.26. The molecule has 24 heavy (non-hydrogen) atoms. The molecule has 0 saturated carbocycles. The van der Waals surface area contributed by atoms with E-state index in [0.717, 1.165) is 22.7 Å². The number of nitrogens with one attached hydrogen (secondary N) is 2. The number of hydrogen-bond donors (Lipinski definition) is 2. The third-order valence-corrected chi connectivity index (χ3v) is 3.26. The van der Waals surface area contributed by atoms with Gasteiger partial charge in [-0.15, -0.1) is 0 Å². The van der Waals surface area contributed by atoms with E-state index < -0.39 is 0 Å².